The van der Waals surface area contributed by atoms with Gasteiger partial charge >= 0.3 is 0 Å². The number of rotatable bonds is 8. The fraction of sp³-hybridized carbons (Fsp3) is 0.610. The average molecular weight is 713 g/mol. The van der Waals surface area contributed by atoms with E-state index in [0.29, 0.717) is 12.0 Å². The Labute approximate surface area is 311 Å². The van der Waals surface area contributed by atoms with E-state index in [4.69, 9.17) is 9.72 Å². The second kappa shape index (κ2) is 14.9. The number of allylic oxidation sites excluding steroid dienone is 2. The molecule has 2 aromatic rings. The predicted octanol–water partition coefficient (Wildman–Crippen LogP) is 5.66. The van der Waals surface area contributed by atoms with Crippen molar-refractivity contribution in [2.45, 2.75) is 101 Å². The molecule has 5 fully saturated rings. The number of hydrogen-bond donors (Lipinski definition) is 3. The van der Waals surface area contributed by atoms with Gasteiger partial charge in [-0.1, -0.05) is 68.5 Å². The Morgan fingerprint density at radius 3 is 2.46 bits per heavy atom. The van der Waals surface area contributed by atoms with E-state index in [1.807, 2.05) is 19.2 Å². The van der Waals surface area contributed by atoms with Crippen LogP contribution in [0.1, 0.15) is 85.5 Å². The van der Waals surface area contributed by atoms with Crippen molar-refractivity contribution in [2.75, 3.05) is 62.0 Å². The van der Waals surface area contributed by atoms with Crippen molar-refractivity contribution in [1.29, 1.82) is 0 Å². The maximum absolute atomic E-state index is 13.4. The van der Waals surface area contributed by atoms with Crippen molar-refractivity contribution >= 4 is 29.3 Å². The minimum atomic E-state index is -0.555. The van der Waals surface area contributed by atoms with Crippen LogP contribution in [0, 0.1) is 11.3 Å². The minimum absolute atomic E-state index is 0. The van der Waals surface area contributed by atoms with Crippen LogP contribution in [0.2, 0.25) is 0 Å². The molecule has 9 rings (SSSR count). The Balaban J connectivity index is 0.000000282. The third kappa shape index (κ3) is 7.11. The molecule has 5 aliphatic carbocycles. The zero-order valence-electron chi connectivity index (χ0n) is 31.0. The highest BCUT2D eigenvalue weighted by atomic mass is 16.5. The topological polar surface area (TPSA) is 115 Å². The van der Waals surface area contributed by atoms with Crippen LogP contribution in [0.3, 0.4) is 0 Å². The van der Waals surface area contributed by atoms with Crippen molar-refractivity contribution in [3.63, 3.8) is 0 Å². The van der Waals surface area contributed by atoms with Gasteiger partial charge in [0.2, 0.25) is 17.8 Å². The quantitative estimate of drug-likeness (QED) is 0.319. The summed E-state index contributed by atoms with van der Waals surface area (Å²) in [6, 6.07) is 11.4. The summed E-state index contributed by atoms with van der Waals surface area (Å²) < 4.78 is 6.04. The number of benzene rings is 1. The standard InChI is InChI=1S/C30H40N6O3.C11H16N2.2H2/c1-35-23-17-31-28(34-25(23)36(20-10-6-7-11-20)18-29(14-15-29)27(35)38)33-24-13-12-21(22-16-30(22,24)39-2)26(37)32-19-8-4-3-5-9-19;1-2-4-11(5-3-1)10-13-8-6-12-7-9-13;;/h12-13,17,19-20,22H,3-11,14-16,18H2,1-2H3,(H,32,37)(H,31,33,34);1-5,12H,6-10H2;2*1H. The Kier molecular flexibility index (Phi) is 10.1. The summed E-state index contributed by atoms with van der Waals surface area (Å²) in [7, 11) is 3.58. The third-order valence-corrected chi connectivity index (χ3v) is 12.7. The summed E-state index contributed by atoms with van der Waals surface area (Å²) in [6.07, 6.45) is 18.8. The molecular weight excluding hydrogens is 653 g/mol. The highest BCUT2D eigenvalue weighted by molar-refractivity contribution is 6.03. The van der Waals surface area contributed by atoms with Gasteiger partial charge < -0.3 is 30.5 Å². The van der Waals surface area contributed by atoms with Crippen LogP contribution in [0.15, 0.2) is 60.0 Å². The fourth-order valence-corrected chi connectivity index (χ4v) is 9.25. The third-order valence-electron chi connectivity index (χ3n) is 12.7. The van der Waals surface area contributed by atoms with E-state index in [-0.39, 0.29) is 32.0 Å². The number of fused-ring (bicyclic) bond motifs is 2. The van der Waals surface area contributed by atoms with E-state index in [2.05, 4.69) is 61.1 Å². The van der Waals surface area contributed by atoms with Gasteiger partial charge in [-0.3, -0.25) is 14.5 Å². The molecule has 2 atom stereocenters. The van der Waals surface area contributed by atoms with E-state index in [9.17, 15) is 9.59 Å². The molecule has 0 bridgehead atoms. The number of hydrogen-bond acceptors (Lipinski definition) is 9. The van der Waals surface area contributed by atoms with Crippen molar-refractivity contribution in [3.8, 4) is 0 Å². The number of carbonyl (C=O) groups excluding carboxylic acids is 2. The first-order chi connectivity index (χ1) is 25.4. The molecule has 282 valence electrons. The summed E-state index contributed by atoms with van der Waals surface area (Å²) in [6.45, 7) is 6.45. The van der Waals surface area contributed by atoms with Crippen LogP contribution >= 0.6 is 0 Å². The molecule has 3 N–H and O–H groups in total. The van der Waals surface area contributed by atoms with Crippen molar-refractivity contribution in [1.82, 2.24) is 25.5 Å². The fourth-order valence-electron chi connectivity index (χ4n) is 9.25. The molecule has 11 heteroatoms. The number of ether oxygens (including phenoxy) is 1. The van der Waals surface area contributed by atoms with Gasteiger partial charge in [0.25, 0.3) is 0 Å². The first-order valence-electron chi connectivity index (χ1n) is 19.8. The summed E-state index contributed by atoms with van der Waals surface area (Å²) in [5, 5.41) is 10.1. The lowest BCUT2D eigenvalue weighted by atomic mass is 9.94. The second-order valence-electron chi connectivity index (χ2n) is 16.1. The number of piperazine rings is 1. The van der Waals surface area contributed by atoms with Gasteiger partial charge in [-0.2, -0.15) is 4.98 Å². The molecule has 1 aromatic carbocycles. The maximum Gasteiger partial charge on any atom is 0.247 e. The Hall–Kier alpha value is -3.80. The molecule has 11 nitrogen and oxygen atoms in total. The number of aromatic nitrogens is 2. The Morgan fingerprint density at radius 2 is 1.75 bits per heavy atom. The van der Waals surface area contributed by atoms with Gasteiger partial charge in [0, 0.05) is 79.9 Å². The first-order valence-corrected chi connectivity index (χ1v) is 19.8. The molecule has 0 radical (unpaired) electrons. The first kappa shape index (κ1) is 35.2. The number of carbonyl (C=O) groups is 2. The van der Waals surface area contributed by atoms with Gasteiger partial charge in [0.15, 0.2) is 5.82 Å². The lowest BCUT2D eigenvalue weighted by molar-refractivity contribution is -0.123. The van der Waals surface area contributed by atoms with Gasteiger partial charge in [-0.25, -0.2) is 4.98 Å². The molecular formula is C41H60N8O3. The summed E-state index contributed by atoms with van der Waals surface area (Å²) in [5.74, 6) is 1.59. The SMILES string of the molecule is COC12CC1C(C(=O)NC1CCCCC1)=CC=C2Nc1ncc2c(n1)N(C1CCCC1)CC1(CC1)C(=O)N2C.[HH].[HH].c1ccc(CN2CCNCC2)cc1. The van der Waals surface area contributed by atoms with Crippen LogP contribution in [-0.4, -0.2) is 91.2 Å². The molecule has 1 saturated heterocycles. The highest BCUT2D eigenvalue weighted by Gasteiger charge is 2.62. The maximum atomic E-state index is 13.4. The average Bonchev–Trinajstić information content (AvgIpc) is 4.08. The zero-order valence-corrected chi connectivity index (χ0v) is 31.0. The summed E-state index contributed by atoms with van der Waals surface area (Å²) in [4.78, 5) is 42.9. The van der Waals surface area contributed by atoms with E-state index in [1.165, 1.54) is 50.8 Å². The van der Waals surface area contributed by atoms with Crippen LogP contribution in [0.25, 0.3) is 0 Å². The van der Waals surface area contributed by atoms with Crippen LogP contribution in [0.4, 0.5) is 17.5 Å². The number of amides is 2. The second-order valence-corrected chi connectivity index (χ2v) is 16.1. The molecule has 7 aliphatic rings. The van der Waals surface area contributed by atoms with Crippen LogP contribution in [0.5, 0.6) is 0 Å². The van der Waals surface area contributed by atoms with Crippen molar-refractivity contribution < 1.29 is 17.2 Å². The lowest BCUT2D eigenvalue weighted by Crippen LogP contribution is -2.42. The Morgan fingerprint density at radius 1 is 1.02 bits per heavy atom. The molecule has 52 heavy (non-hydrogen) atoms. The van der Waals surface area contributed by atoms with Crippen molar-refractivity contribution in [2.24, 2.45) is 11.3 Å². The molecule has 2 amide bonds. The highest BCUT2D eigenvalue weighted by Crippen LogP contribution is 2.58. The molecule has 1 aromatic heterocycles. The van der Waals surface area contributed by atoms with Gasteiger partial charge in [0.1, 0.15) is 11.3 Å². The number of anilines is 3. The summed E-state index contributed by atoms with van der Waals surface area (Å²) in [5.41, 5.74) is 3.06. The number of nitrogens with zero attached hydrogens (tertiary/aromatic N) is 5. The van der Waals surface area contributed by atoms with Crippen LogP contribution in [-0.2, 0) is 20.9 Å². The van der Waals surface area contributed by atoms with E-state index < -0.39 is 5.60 Å². The molecule has 2 unspecified atom stereocenters. The summed E-state index contributed by atoms with van der Waals surface area (Å²) >= 11 is 0. The normalized spacial score (nSPS) is 27.0. The van der Waals surface area contributed by atoms with Gasteiger partial charge in [-0.05, 0) is 56.6 Å². The predicted molar refractivity (Wildman–Crippen MR) is 208 cm³/mol. The Bertz CT molecular complexity index is 1690. The van der Waals surface area contributed by atoms with E-state index >= 15 is 0 Å². The molecule has 3 heterocycles. The van der Waals surface area contributed by atoms with Gasteiger partial charge in [0.05, 0.1) is 17.3 Å². The van der Waals surface area contributed by atoms with Crippen molar-refractivity contribution in [3.05, 3.63) is 65.5 Å². The van der Waals surface area contributed by atoms with Crippen LogP contribution < -0.4 is 25.8 Å². The largest absolute Gasteiger partial charge is 0.371 e. The minimum Gasteiger partial charge on any atom is -0.371 e. The number of methoxy groups -OCH3 is 1. The zero-order chi connectivity index (χ0) is 35.7. The molecule has 2 aliphatic heterocycles. The van der Waals surface area contributed by atoms with Gasteiger partial charge in [-0.15, -0.1) is 0 Å². The molecule has 1 spiro atoms. The number of nitrogens with one attached hydrogen (secondary N) is 3. The molecule has 4 saturated carbocycles. The van der Waals surface area contributed by atoms with E-state index in [0.717, 1.165) is 93.9 Å². The van der Waals surface area contributed by atoms with E-state index in [1.54, 1.807) is 18.2 Å². The smallest absolute Gasteiger partial charge is 0.247 e. The monoisotopic (exact) mass is 712 g/mol. The lowest BCUT2D eigenvalue weighted by Gasteiger charge is -2.32.